The molecule has 0 aliphatic heterocycles. The molecule has 2 aliphatic rings. The number of carbonyl (C=O) groups is 1. The van der Waals surface area contributed by atoms with E-state index >= 15 is 0 Å². The van der Waals surface area contributed by atoms with Gasteiger partial charge in [0, 0.05) is 7.05 Å². The predicted molar refractivity (Wildman–Crippen MR) is 52.7 cm³/mol. The molecule has 0 bridgehead atoms. The summed E-state index contributed by atoms with van der Waals surface area (Å²) in [6.45, 7) is 4.48. The molecule has 0 heterocycles. The molecule has 76 valence electrons. The van der Waals surface area contributed by atoms with Gasteiger partial charge in [0.1, 0.15) is 6.09 Å². The molecular formula is C11H14NO2-. The summed E-state index contributed by atoms with van der Waals surface area (Å²) >= 11 is 0. The average molecular weight is 192 g/mol. The van der Waals surface area contributed by atoms with Crippen molar-refractivity contribution < 1.29 is 9.90 Å². The smallest absolute Gasteiger partial charge is 0.133 e. The average Bonchev–Trinajstić information content (AvgIpc) is 2.10. The number of rotatable bonds is 1. The van der Waals surface area contributed by atoms with Crippen molar-refractivity contribution in [1.82, 2.24) is 5.32 Å². The van der Waals surface area contributed by atoms with Gasteiger partial charge in [-0.25, -0.2) is 0 Å². The van der Waals surface area contributed by atoms with Crippen LogP contribution in [0.3, 0.4) is 0 Å². The molecule has 0 unspecified atom stereocenters. The lowest BCUT2D eigenvalue weighted by atomic mass is 9.91. The number of carboxylic acid groups (broad SMARTS) is 1. The van der Waals surface area contributed by atoms with Crippen molar-refractivity contribution in [3.63, 3.8) is 0 Å². The van der Waals surface area contributed by atoms with E-state index in [0.29, 0.717) is 5.92 Å². The van der Waals surface area contributed by atoms with E-state index in [-0.39, 0.29) is 0 Å². The molecule has 0 aromatic heterocycles. The first-order chi connectivity index (χ1) is 6.56. The Morgan fingerprint density at radius 1 is 1.43 bits per heavy atom. The minimum atomic E-state index is -1.25. The summed E-state index contributed by atoms with van der Waals surface area (Å²) in [5.74, 6) is 0.716. The molecule has 0 radical (unpaired) electrons. The first-order valence-corrected chi connectivity index (χ1v) is 4.59. The summed E-state index contributed by atoms with van der Waals surface area (Å²) in [6.07, 6.45) is -1.25. The minimum absolute atomic E-state index is 0.716. The molecule has 0 fully saturated rings. The number of nitrogens with one attached hydrogen (secondary N) is 1. The van der Waals surface area contributed by atoms with Crippen LogP contribution in [-0.2, 0) is 0 Å². The summed E-state index contributed by atoms with van der Waals surface area (Å²) in [5, 5.41) is 13.9. The third-order valence-electron chi connectivity index (χ3n) is 2.19. The SMILES string of the molecule is CC(C)c1cc2ccc1=2.CNC(=O)[O-]. The Hall–Kier alpha value is -1.51. The monoisotopic (exact) mass is 192 g/mol. The van der Waals surface area contributed by atoms with E-state index in [4.69, 9.17) is 9.90 Å². The van der Waals surface area contributed by atoms with Crippen molar-refractivity contribution >= 4 is 6.09 Å². The molecule has 0 atom stereocenters. The third kappa shape index (κ3) is 2.05. The standard InChI is InChI=1S/C9H10.C2H5NO2/c1-6(2)9-5-7-3-4-8(7)9;1-3-2(4)5/h3-6H,1-2H3;3H,1H3,(H,4,5)/p-1. The van der Waals surface area contributed by atoms with Gasteiger partial charge in [-0.3, -0.25) is 0 Å². The summed E-state index contributed by atoms with van der Waals surface area (Å²) in [4.78, 5) is 9.15. The van der Waals surface area contributed by atoms with E-state index in [1.165, 1.54) is 23.0 Å². The largest absolute Gasteiger partial charge is 0.530 e. The molecular weight excluding hydrogens is 178 g/mol. The number of hydrogen-bond donors (Lipinski definition) is 1. The molecule has 1 amide bonds. The van der Waals surface area contributed by atoms with Crippen LogP contribution in [0.4, 0.5) is 4.79 Å². The first-order valence-electron chi connectivity index (χ1n) is 4.59. The Morgan fingerprint density at radius 2 is 2.00 bits per heavy atom. The minimum Gasteiger partial charge on any atom is -0.530 e. The molecule has 0 aromatic carbocycles. The van der Waals surface area contributed by atoms with Crippen LogP contribution in [-0.4, -0.2) is 13.1 Å². The quantitative estimate of drug-likeness (QED) is 0.731. The van der Waals surface area contributed by atoms with Gasteiger partial charge in [0.15, 0.2) is 0 Å². The second-order valence-corrected chi connectivity index (χ2v) is 3.49. The molecule has 0 saturated carbocycles. The molecule has 2 aliphatic carbocycles. The number of carbonyl (C=O) groups excluding carboxylic acids is 1. The highest BCUT2D eigenvalue weighted by atomic mass is 16.4. The molecule has 1 N–H and O–H groups in total. The Balaban J connectivity index is 0.000000171. The fraction of sp³-hybridized carbons (Fsp3) is 0.364. The highest BCUT2D eigenvalue weighted by Crippen LogP contribution is 2.23. The van der Waals surface area contributed by atoms with Gasteiger partial charge < -0.3 is 15.2 Å². The lowest BCUT2D eigenvalue weighted by Gasteiger charge is -2.13. The van der Waals surface area contributed by atoms with Gasteiger partial charge >= 0.3 is 0 Å². The van der Waals surface area contributed by atoms with Crippen LogP contribution in [0.1, 0.15) is 25.3 Å². The van der Waals surface area contributed by atoms with Crippen LogP contribution in [0.15, 0.2) is 18.2 Å². The van der Waals surface area contributed by atoms with Gasteiger partial charge in [0.2, 0.25) is 0 Å². The van der Waals surface area contributed by atoms with Crippen LogP contribution in [0.25, 0.3) is 0 Å². The third-order valence-corrected chi connectivity index (χ3v) is 2.19. The maximum Gasteiger partial charge on any atom is 0.133 e. The summed E-state index contributed by atoms with van der Waals surface area (Å²) in [6, 6.07) is 6.64. The van der Waals surface area contributed by atoms with Crippen molar-refractivity contribution in [1.29, 1.82) is 0 Å². The number of amides is 1. The highest BCUT2D eigenvalue weighted by molar-refractivity contribution is 5.61. The van der Waals surface area contributed by atoms with Crippen molar-refractivity contribution in [3.8, 4) is 0 Å². The van der Waals surface area contributed by atoms with Gasteiger partial charge in [0.05, 0.1) is 0 Å². The molecule has 0 aromatic rings. The zero-order valence-electron chi connectivity index (χ0n) is 8.63. The fourth-order valence-electron chi connectivity index (χ4n) is 1.30. The number of benzene rings is 1. The lowest BCUT2D eigenvalue weighted by Crippen LogP contribution is -2.33. The van der Waals surface area contributed by atoms with E-state index in [1.807, 2.05) is 5.32 Å². The summed E-state index contributed by atoms with van der Waals surface area (Å²) < 4.78 is 0. The fourth-order valence-corrected chi connectivity index (χ4v) is 1.30. The first kappa shape index (κ1) is 10.6. The topological polar surface area (TPSA) is 52.2 Å². The van der Waals surface area contributed by atoms with Crippen LogP contribution >= 0.6 is 0 Å². The van der Waals surface area contributed by atoms with Crippen LogP contribution in [0, 0.1) is 10.4 Å². The van der Waals surface area contributed by atoms with Gasteiger partial charge in [-0.05, 0) is 21.9 Å². The second kappa shape index (κ2) is 4.13. The van der Waals surface area contributed by atoms with Gasteiger partial charge in [-0.1, -0.05) is 32.0 Å². The second-order valence-electron chi connectivity index (χ2n) is 3.49. The van der Waals surface area contributed by atoms with Crippen LogP contribution in [0.2, 0.25) is 0 Å². The van der Waals surface area contributed by atoms with Crippen molar-refractivity contribution in [2.45, 2.75) is 19.8 Å². The Labute approximate surface area is 83.1 Å². The zero-order chi connectivity index (χ0) is 10.7. The van der Waals surface area contributed by atoms with E-state index in [1.54, 1.807) is 0 Å². The van der Waals surface area contributed by atoms with Crippen molar-refractivity contribution in [2.75, 3.05) is 7.05 Å². The number of hydrogen-bond acceptors (Lipinski definition) is 2. The molecule has 0 saturated heterocycles. The van der Waals surface area contributed by atoms with Crippen molar-refractivity contribution in [2.24, 2.45) is 0 Å². The molecule has 14 heavy (non-hydrogen) atoms. The van der Waals surface area contributed by atoms with Crippen molar-refractivity contribution in [3.05, 3.63) is 34.2 Å². The summed E-state index contributed by atoms with van der Waals surface area (Å²) in [5.41, 5.74) is 1.53. The van der Waals surface area contributed by atoms with E-state index in [9.17, 15) is 0 Å². The van der Waals surface area contributed by atoms with E-state index in [2.05, 4.69) is 32.0 Å². The lowest BCUT2D eigenvalue weighted by molar-refractivity contribution is -0.250. The summed E-state index contributed by atoms with van der Waals surface area (Å²) in [7, 11) is 1.29. The molecule has 0 spiro atoms. The zero-order valence-corrected chi connectivity index (χ0v) is 8.63. The normalized spacial score (nSPS) is 10.3. The van der Waals surface area contributed by atoms with Crippen LogP contribution in [0.5, 0.6) is 0 Å². The molecule has 3 heteroatoms. The van der Waals surface area contributed by atoms with Gasteiger partial charge in [0.25, 0.3) is 0 Å². The molecule has 3 nitrogen and oxygen atoms in total. The maximum absolute atomic E-state index is 9.15. The molecule has 2 rings (SSSR count). The maximum atomic E-state index is 9.15. The van der Waals surface area contributed by atoms with Crippen LogP contribution < -0.4 is 10.4 Å². The predicted octanol–water partition coefficient (Wildman–Crippen LogP) is 0.959. The Morgan fingerprint density at radius 3 is 2.07 bits per heavy atom. The highest BCUT2D eigenvalue weighted by Gasteiger charge is 2.07. The van der Waals surface area contributed by atoms with E-state index < -0.39 is 6.09 Å². The Bertz CT molecular complexity index is 423. The van der Waals surface area contributed by atoms with Gasteiger partial charge in [-0.2, -0.15) is 0 Å². The van der Waals surface area contributed by atoms with E-state index in [0.717, 1.165) is 0 Å². The van der Waals surface area contributed by atoms with Gasteiger partial charge in [-0.15, -0.1) is 0 Å². The Kier molecular flexibility index (Phi) is 3.12.